The van der Waals surface area contributed by atoms with E-state index in [0.717, 1.165) is 5.56 Å². The van der Waals surface area contributed by atoms with Crippen LogP contribution >= 0.6 is 11.6 Å². The van der Waals surface area contributed by atoms with Crippen LogP contribution < -0.4 is 16.4 Å². The number of carbonyl (C=O) groups excluding carboxylic acids is 1. The first-order valence-corrected chi connectivity index (χ1v) is 9.98. The molecule has 5 N–H and O–H groups in total. The van der Waals surface area contributed by atoms with Crippen LogP contribution in [0, 0.1) is 0 Å². The fourth-order valence-corrected chi connectivity index (χ4v) is 3.35. The van der Waals surface area contributed by atoms with Gasteiger partial charge in [0.2, 0.25) is 17.7 Å². The minimum absolute atomic E-state index is 0.161. The van der Waals surface area contributed by atoms with Gasteiger partial charge >= 0.3 is 0 Å². The van der Waals surface area contributed by atoms with Crippen molar-refractivity contribution in [3.05, 3.63) is 83.3 Å². The molecule has 0 saturated heterocycles. The van der Waals surface area contributed by atoms with E-state index >= 15 is 0 Å². The van der Waals surface area contributed by atoms with Gasteiger partial charge in [-0.2, -0.15) is 4.98 Å². The lowest BCUT2D eigenvalue weighted by Gasteiger charge is -2.19. The molecule has 4 aromatic rings. The highest BCUT2D eigenvalue weighted by Gasteiger charge is 2.18. The molecule has 32 heavy (non-hydrogen) atoms. The zero-order chi connectivity index (χ0) is 22.5. The second-order valence-corrected chi connectivity index (χ2v) is 7.17. The fourth-order valence-electron chi connectivity index (χ4n) is 3.07. The van der Waals surface area contributed by atoms with Crippen LogP contribution in [0.25, 0.3) is 11.5 Å². The molecule has 1 atom stereocenters. The number of nitrogens with two attached hydrogens (primary N) is 1. The number of carbonyl (C=O) groups is 1. The number of oxazole rings is 1. The lowest BCUT2D eigenvalue weighted by molar-refractivity contribution is 0.100. The number of aliphatic hydroxyl groups excluding tert-OH is 1. The fraction of sp³-hybridized carbons (Fsp3) is 0.0909. The van der Waals surface area contributed by atoms with Crippen LogP contribution in [0.4, 0.5) is 17.5 Å². The molecule has 0 bridgehead atoms. The van der Waals surface area contributed by atoms with E-state index in [2.05, 4.69) is 25.6 Å². The highest BCUT2D eigenvalue weighted by Crippen LogP contribution is 2.30. The van der Waals surface area contributed by atoms with Crippen LogP contribution in [0.5, 0.6) is 0 Å². The summed E-state index contributed by atoms with van der Waals surface area (Å²) in [4.78, 5) is 24.4. The highest BCUT2D eigenvalue weighted by atomic mass is 35.5. The number of halogens is 1. The molecule has 0 saturated carbocycles. The maximum absolute atomic E-state index is 11.4. The van der Waals surface area contributed by atoms with Crippen molar-refractivity contribution in [1.82, 2.24) is 15.0 Å². The predicted molar refractivity (Wildman–Crippen MR) is 121 cm³/mol. The van der Waals surface area contributed by atoms with E-state index in [-0.39, 0.29) is 23.1 Å². The van der Waals surface area contributed by atoms with Gasteiger partial charge < -0.3 is 25.9 Å². The number of hydrogen-bond donors (Lipinski definition) is 4. The van der Waals surface area contributed by atoms with Crippen molar-refractivity contribution >= 4 is 35.0 Å². The van der Waals surface area contributed by atoms with Gasteiger partial charge in [0.05, 0.1) is 35.0 Å². The summed E-state index contributed by atoms with van der Waals surface area (Å²) in [6.45, 7) is -0.161. The topological polar surface area (TPSA) is 139 Å². The van der Waals surface area contributed by atoms with Crippen molar-refractivity contribution in [3.63, 3.8) is 0 Å². The third-order valence-corrected chi connectivity index (χ3v) is 4.95. The molecular formula is C22H19ClN6O3. The van der Waals surface area contributed by atoms with Gasteiger partial charge in [-0.1, -0.05) is 41.9 Å². The van der Waals surface area contributed by atoms with Crippen LogP contribution in [-0.2, 0) is 0 Å². The smallest absolute Gasteiger partial charge is 0.250 e. The zero-order valence-electron chi connectivity index (χ0n) is 16.7. The molecule has 0 spiro atoms. The average molecular weight is 451 g/mol. The molecule has 162 valence electrons. The number of nitrogens with zero attached hydrogens (tertiary/aromatic N) is 3. The molecule has 2 aromatic heterocycles. The van der Waals surface area contributed by atoms with Crippen molar-refractivity contribution in [3.8, 4) is 11.5 Å². The molecule has 0 aliphatic heterocycles. The summed E-state index contributed by atoms with van der Waals surface area (Å²) >= 11 is 6.13. The number of primary amides is 1. The first kappa shape index (κ1) is 21.3. The van der Waals surface area contributed by atoms with Gasteiger partial charge in [-0.25, -0.2) is 9.97 Å². The second kappa shape index (κ2) is 9.46. The minimum Gasteiger partial charge on any atom is -0.444 e. The summed E-state index contributed by atoms with van der Waals surface area (Å²) in [7, 11) is 0. The molecule has 2 aromatic carbocycles. The summed E-state index contributed by atoms with van der Waals surface area (Å²) < 4.78 is 5.42. The van der Waals surface area contributed by atoms with Gasteiger partial charge in [0, 0.05) is 11.9 Å². The second-order valence-electron chi connectivity index (χ2n) is 6.77. The Hall–Kier alpha value is -3.95. The third kappa shape index (κ3) is 4.69. The van der Waals surface area contributed by atoms with Gasteiger partial charge in [-0.05, 0) is 23.8 Å². The van der Waals surface area contributed by atoms with E-state index in [4.69, 9.17) is 21.8 Å². The summed E-state index contributed by atoms with van der Waals surface area (Å²) in [5.41, 5.74) is 7.49. The molecule has 2 heterocycles. The quantitative estimate of drug-likeness (QED) is 0.318. The maximum atomic E-state index is 11.4. The number of anilines is 3. The Morgan fingerprint density at radius 2 is 2.00 bits per heavy atom. The van der Waals surface area contributed by atoms with Gasteiger partial charge in [-0.3, -0.25) is 4.79 Å². The molecular weight excluding hydrogens is 432 g/mol. The van der Waals surface area contributed by atoms with Crippen LogP contribution in [0.2, 0.25) is 5.02 Å². The number of rotatable bonds is 8. The summed E-state index contributed by atoms with van der Waals surface area (Å²) in [5.74, 6) is 0.386. The van der Waals surface area contributed by atoms with Gasteiger partial charge in [0.15, 0.2) is 0 Å². The van der Waals surface area contributed by atoms with Crippen LogP contribution in [0.3, 0.4) is 0 Å². The Balaban J connectivity index is 1.67. The molecule has 0 unspecified atom stereocenters. The zero-order valence-corrected chi connectivity index (χ0v) is 17.5. The van der Waals surface area contributed by atoms with E-state index in [0.29, 0.717) is 23.0 Å². The van der Waals surface area contributed by atoms with Crippen LogP contribution in [0.1, 0.15) is 22.0 Å². The van der Waals surface area contributed by atoms with Crippen LogP contribution in [0.15, 0.2) is 71.6 Å². The number of benzene rings is 2. The Kier molecular flexibility index (Phi) is 6.29. The summed E-state index contributed by atoms with van der Waals surface area (Å²) in [6.07, 6.45) is 4.53. The largest absolute Gasteiger partial charge is 0.444 e. The summed E-state index contributed by atoms with van der Waals surface area (Å²) in [5, 5.41) is 16.4. The van der Waals surface area contributed by atoms with Crippen molar-refractivity contribution < 1.29 is 14.3 Å². The Morgan fingerprint density at radius 3 is 2.66 bits per heavy atom. The van der Waals surface area contributed by atoms with Gasteiger partial charge in [0.1, 0.15) is 12.1 Å². The van der Waals surface area contributed by atoms with Crippen molar-refractivity contribution in [2.45, 2.75) is 6.04 Å². The first-order valence-electron chi connectivity index (χ1n) is 9.60. The minimum atomic E-state index is -0.615. The highest BCUT2D eigenvalue weighted by molar-refractivity contribution is 6.34. The molecule has 10 heteroatoms. The van der Waals surface area contributed by atoms with Crippen molar-refractivity contribution in [2.24, 2.45) is 5.73 Å². The number of hydrogen-bond acceptors (Lipinski definition) is 8. The molecule has 1 amide bonds. The molecule has 0 aliphatic rings. The first-order chi connectivity index (χ1) is 15.5. The molecule has 0 radical (unpaired) electrons. The lowest BCUT2D eigenvalue weighted by atomic mass is 10.1. The Bertz CT molecular complexity index is 1220. The van der Waals surface area contributed by atoms with E-state index < -0.39 is 11.9 Å². The SMILES string of the molecule is NC(=O)c1ccc(Nc2ncc(-c3ncco3)c(N[C@H](CO)c3ccccc3)n2)cc1Cl. The van der Waals surface area contributed by atoms with Crippen molar-refractivity contribution in [2.75, 3.05) is 17.2 Å². The number of aliphatic hydroxyl groups is 1. The van der Waals surface area contributed by atoms with Crippen LogP contribution in [-0.4, -0.2) is 32.6 Å². The molecule has 9 nitrogen and oxygen atoms in total. The molecule has 4 rings (SSSR count). The standard InChI is InChI=1S/C22H19ClN6O3/c23-17-10-14(6-7-15(17)19(24)31)27-22-26-11-16(21-25-8-9-32-21)20(29-22)28-18(12-30)13-4-2-1-3-5-13/h1-11,18,30H,12H2,(H2,24,31)(H2,26,27,28,29)/t18-/m1/s1. The number of amides is 1. The Labute approximate surface area is 188 Å². The van der Waals surface area contributed by atoms with Crippen molar-refractivity contribution in [1.29, 1.82) is 0 Å². The maximum Gasteiger partial charge on any atom is 0.250 e. The monoisotopic (exact) mass is 450 g/mol. The number of nitrogens with one attached hydrogen (secondary N) is 2. The van der Waals surface area contributed by atoms with E-state index in [9.17, 15) is 9.90 Å². The predicted octanol–water partition coefficient (Wildman–Crippen LogP) is 3.77. The molecule has 0 fully saturated rings. The number of aromatic nitrogens is 3. The van der Waals surface area contributed by atoms with E-state index in [1.165, 1.54) is 18.5 Å². The molecule has 0 aliphatic carbocycles. The lowest BCUT2D eigenvalue weighted by Crippen LogP contribution is -2.17. The summed E-state index contributed by atoms with van der Waals surface area (Å²) in [6, 6.07) is 13.8. The Morgan fingerprint density at radius 1 is 1.19 bits per heavy atom. The van der Waals surface area contributed by atoms with E-state index in [1.54, 1.807) is 18.3 Å². The van der Waals surface area contributed by atoms with E-state index in [1.807, 2.05) is 30.3 Å². The normalized spacial score (nSPS) is 11.7. The third-order valence-electron chi connectivity index (χ3n) is 4.64. The van der Waals surface area contributed by atoms with Gasteiger partial charge in [-0.15, -0.1) is 0 Å². The average Bonchev–Trinajstić information content (AvgIpc) is 3.33. The van der Waals surface area contributed by atoms with Gasteiger partial charge in [0.25, 0.3) is 0 Å².